The molecule has 2 aromatic rings. The summed E-state index contributed by atoms with van der Waals surface area (Å²) in [4.78, 5) is 12.8. The third-order valence-electron chi connectivity index (χ3n) is 3.30. The van der Waals surface area contributed by atoms with E-state index in [-0.39, 0.29) is 17.8 Å². The van der Waals surface area contributed by atoms with Crippen LogP contribution < -0.4 is 5.32 Å². The van der Waals surface area contributed by atoms with Crippen molar-refractivity contribution in [2.45, 2.75) is 30.7 Å². The summed E-state index contributed by atoms with van der Waals surface area (Å²) in [6, 6.07) is 16.6. The van der Waals surface area contributed by atoms with E-state index in [1.54, 1.807) is 12.1 Å². The highest BCUT2D eigenvalue weighted by Gasteiger charge is 2.08. The molecule has 0 aliphatic rings. The quantitative estimate of drug-likeness (QED) is 0.780. The Morgan fingerprint density at radius 2 is 1.82 bits per heavy atom. The van der Waals surface area contributed by atoms with Crippen molar-refractivity contribution >= 4 is 17.7 Å². The van der Waals surface area contributed by atoms with Gasteiger partial charge in [0.15, 0.2) is 0 Å². The molecule has 4 heteroatoms. The number of aryl methyl sites for hydroxylation is 1. The van der Waals surface area contributed by atoms with Gasteiger partial charge in [-0.1, -0.05) is 30.3 Å². The highest BCUT2D eigenvalue weighted by Crippen LogP contribution is 2.17. The molecule has 1 atom stereocenters. The Morgan fingerprint density at radius 1 is 1.14 bits per heavy atom. The Bertz CT molecular complexity index is 586. The number of hydrogen-bond donors (Lipinski definition) is 1. The molecule has 0 bridgehead atoms. The highest BCUT2D eigenvalue weighted by atomic mass is 32.2. The van der Waals surface area contributed by atoms with Crippen LogP contribution in [0.2, 0.25) is 0 Å². The van der Waals surface area contributed by atoms with Gasteiger partial charge in [0.1, 0.15) is 5.82 Å². The van der Waals surface area contributed by atoms with E-state index in [2.05, 4.69) is 17.4 Å². The molecule has 1 amide bonds. The van der Waals surface area contributed by atoms with Crippen LogP contribution in [0.3, 0.4) is 0 Å². The normalized spacial score (nSPS) is 11.9. The molecule has 0 aliphatic carbocycles. The van der Waals surface area contributed by atoms with E-state index in [0.717, 1.165) is 17.7 Å². The van der Waals surface area contributed by atoms with Crippen LogP contribution in [-0.4, -0.2) is 17.7 Å². The van der Waals surface area contributed by atoms with E-state index in [1.165, 1.54) is 29.5 Å². The van der Waals surface area contributed by atoms with E-state index < -0.39 is 0 Å². The van der Waals surface area contributed by atoms with E-state index in [9.17, 15) is 9.18 Å². The first-order valence-electron chi connectivity index (χ1n) is 7.35. The molecule has 1 N–H and O–H groups in total. The first kappa shape index (κ1) is 16.6. The number of nitrogens with one attached hydrogen (secondary N) is 1. The smallest absolute Gasteiger partial charge is 0.230 e. The fourth-order valence-corrected chi connectivity index (χ4v) is 2.81. The summed E-state index contributed by atoms with van der Waals surface area (Å²) in [6.45, 7) is 2.02. The van der Waals surface area contributed by atoms with Gasteiger partial charge in [0.2, 0.25) is 5.91 Å². The molecule has 2 nitrogen and oxygen atoms in total. The van der Waals surface area contributed by atoms with Crippen molar-refractivity contribution in [3.63, 3.8) is 0 Å². The lowest BCUT2D eigenvalue weighted by Crippen LogP contribution is -2.34. The van der Waals surface area contributed by atoms with Gasteiger partial charge >= 0.3 is 0 Å². The maximum absolute atomic E-state index is 12.8. The van der Waals surface area contributed by atoms with E-state index >= 15 is 0 Å². The van der Waals surface area contributed by atoms with Crippen LogP contribution in [0.4, 0.5) is 4.39 Å². The van der Waals surface area contributed by atoms with Crippen LogP contribution in [-0.2, 0) is 11.2 Å². The lowest BCUT2D eigenvalue weighted by atomic mass is 10.1. The fourth-order valence-electron chi connectivity index (χ4n) is 2.10. The first-order chi connectivity index (χ1) is 10.6. The minimum Gasteiger partial charge on any atom is -0.353 e. The summed E-state index contributed by atoms with van der Waals surface area (Å²) < 4.78 is 12.8. The van der Waals surface area contributed by atoms with Crippen molar-refractivity contribution in [2.24, 2.45) is 0 Å². The van der Waals surface area contributed by atoms with Gasteiger partial charge in [0, 0.05) is 10.9 Å². The zero-order valence-corrected chi connectivity index (χ0v) is 13.4. The zero-order valence-electron chi connectivity index (χ0n) is 12.6. The van der Waals surface area contributed by atoms with Gasteiger partial charge in [-0.05, 0) is 49.6 Å². The Kier molecular flexibility index (Phi) is 6.46. The fraction of sp³-hybridized carbons (Fsp3) is 0.278. The molecule has 0 saturated carbocycles. The van der Waals surface area contributed by atoms with Crippen molar-refractivity contribution < 1.29 is 9.18 Å². The minimum atomic E-state index is -0.261. The molecule has 0 radical (unpaired) electrons. The maximum atomic E-state index is 12.8. The predicted molar refractivity (Wildman–Crippen MR) is 89.5 cm³/mol. The monoisotopic (exact) mass is 317 g/mol. The zero-order chi connectivity index (χ0) is 15.8. The number of carbonyl (C=O) groups is 1. The number of amides is 1. The van der Waals surface area contributed by atoms with Crippen molar-refractivity contribution in [2.75, 3.05) is 5.75 Å². The topological polar surface area (TPSA) is 29.1 Å². The van der Waals surface area contributed by atoms with Crippen LogP contribution >= 0.6 is 11.8 Å². The molecular weight excluding hydrogens is 297 g/mol. The average Bonchev–Trinajstić information content (AvgIpc) is 2.53. The van der Waals surface area contributed by atoms with Crippen LogP contribution in [0.25, 0.3) is 0 Å². The van der Waals surface area contributed by atoms with Crippen LogP contribution in [0.5, 0.6) is 0 Å². The van der Waals surface area contributed by atoms with E-state index in [4.69, 9.17) is 0 Å². The Labute approximate surface area is 135 Å². The molecule has 22 heavy (non-hydrogen) atoms. The lowest BCUT2D eigenvalue weighted by molar-refractivity contribution is -0.119. The van der Waals surface area contributed by atoms with E-state index in [0.29, 0.717) is 5.75 Å². The van der Waals surface area contributed by atoms with Crippen molar-refractivity contribution in [1.29, 1.82) is 0 Å². The summed E-state index contributed by atoms with van der Waals surface area (Å²) in [5, 5.41) is 3.00. The van der Waals surface area contributed by atoms with Crippen LogP contribution in [0.1, 0.15) is 18.9 Å². The average molecular weight is 317 g/mol. The number of carbonyl (C=O) groups excluding carboxylic acids is 1. The number of rotatable bonds is 7. The van der Waals surface area contributed by atoms with Gasteiger partial charge in [0.25, 0.3) is 0 Å². The molecular formula is C18H20FNOS. The summed E-state index contributed by atoms with van der Waals surface area (Å²) in [6.07, 6.45) is 1.87. The predicted octanol–water partition coefficient (Wildman–Crippen LogP) is 4.06. The second-order valence-electron chi connectivity index (χ2n) is 5.24. The molecule has 0 aliphatic heterocycles. The van der Waals surface area contributed by atoms with Gasteiger partial charge in [-0.3, -0.25) is 4.79 Å². The SMILES string of the molecule is CC(CCc1ccccc1)NC(=O)CSc1ccc(F)cc1. The molecule has 0 spiro atoms. The van der Waals surface area contributed by atoms with Crippen molar-refractivity contribution in [3.8, 4) is 0 Å². The number of halogens is 1. The molecule has 0 fully saturated rings. The summed E-state index contributed by atoms with van der Waals surface area (Å²) in [5.41, 5.74) is 1.28. The highest BCUT2D eigenvalue weighted by molar-refractivity contribution is 8.00. The molecule has 2 rings (SSSR count). The standard InChI is InChI=1S/C18H20FNOS/c1-14(7-8-15-5-3-2-4-6-15)20-18(21)13-22-17-11-9-16(19)10-12-17/h2-6,9-12,14H,7-8,13H2,1H3,(H,20,21). The molecule has 116 valence electrons. The molecule has 0 aromatic heterocycles. The third-order valence-corrected chi connectivity index (χ3v) is 4.31. The number of hydrogen-bond acceptors (Lipinski definition) is 2. The number of thioether (sulfide) groups is 1. The second-order valence-corrected chi connectivity index (χ2v) is 6.28. The minimum absolute atomic E-state index is 0.00915. The maximum Gasteiger partial charge on any atom is 0.230 e. The van der Waals surface area contributed by atoms with Gasteiger partial charge in [-0.25, -0.2) is 4.39 Å². The molecule has 2 aromatic carbocycles. The van der Waals surface area contributed by atoms with Crippen molar-refractivity contribution in [1.82, 2.24) is 5.32 Å². The van der Waals surface area contributed by atoms with Gasteiger partial charge in [-0.15, -0.1) is 11.8 Å². The largest absolute Gasteiger partial charge is 0.353 e. The van der Waals surface area contributed by atoms with Crippen molar-refractivity contribution in [3.05, 3.63) is 66.0 Å². The second kappa shape index (κ2) is 8.59. The Balaban J connectivity index is 1.68. The Hall–Kier alpha value is -1.81. The van der Waals surface area contributed by atoms with Crippen LogP contribution in [0.15, 0.2) is 59.5 Å². The molecule has 0 heterocycles. The first-order valence-corrected chi connectivity index (χ1v) is 8.33. The summed E-state index contributed by atoms with van der Waals surface area (Å²) >= 11 is 1.41. The van der Waals surface area contributed by atoms with Crippen LogP contribution in [0, 0.1) is 5.82 Å². The van der Waals surface area contributed by atoms with Gasteiger partial charge in [0.05, 0.1) is 5.75 Å². The molecule has 1 unspecified atom stereocenters. The number of benzene rings is 2. The van der Waals surface area contributed by atoms with E-state index in [1.807, 2.05) is 25.1 Å². The summed E-state index contributed by atoms with van der Waals surface area (Å²) in [5.74, 6) is 0.0969. The lowest BCUT2D eigenvalue weighted by Gasteiger charge is -2.13. The van der Waals surface area contributed by atoms with Gasteiger partial charge in [-0.2, -0.15) is 0 Å². The molecule has 0 saturated heterocycles. The summed E-state index contributed by atoms with van der Waals surface area (Å²) in [7, 11) is 0. The Morgan fingerprint density at radius 3 is 2.50 bits per heavy atom. The van der Waals surface area contributed by atoms with Gasteiger partial charge < -0.3 is 5.32 Å². The third kappa shape index (κ3) is 5.90.